The second-order valence-electron chi connectivity index (χ2n) is 4.52. The van der Waals surface area contributed by atoms with Gasteiger partial charge in [0.15, 0.2) is 0 Å². The smallest absolute Gasteiger partial charge is 0.251 e. The van der Waals surface area contributed by atoms with E-state index in [2.05, 4.69) is 5.32 Å². The van der Waals surface area contributed by atoms with E-state index in [4.69, 9.17) is 4.74 Å². The van der Waals surface area contributed by atoms with E-state index in [0.29, 0.717) is 18.7 Å². The summed E-state index contributed by atoms with van der Waals surface area (Å²) in [5.41, 5.74) is 0.643. The molecule has 2 amide bonds. The van der Waals surface area contributed by atoms with Gasteiger partial charge in [0.25, 0.3) is 5.91 Å². The monoisotopic (exact) mass is 312 g/mol. The minimum absolute atomic E-state index is 0.0123. The van der Waals surface area contributed by atoms with Crippen molar-refractivity contribution in [2.45, 2.75) is 6.42 Å². The number of anilines is 1. The molecule has 1 aromatic rings. The summed E-state index contributed by atoms with van der Waals surface area (Å²) in [4.78, 5) is 23.4. The molecule has 1 fully saturated rings. The highest BCUT2D eigenvalue weighted by atomic mass is 32.2. The molecule has 1 N–H and O–H groups in total. The topological polar surface area (TPSA) is 92.8 Å². The lowest BCUT2D eigenvalue weighted by Gasteiger charge is -2.15. The van der Waals surface area contributed by atoms with Crippen LogP contribution in [0.25, 0.3) is 0 Å². The molecule has 1 aliphatic rings. The molecule has 2 rings (SSSR count). The number of rotatable bonds is 5. The molecule has 0 atom stereocenters. The van der Waals surface area contributed by atoms with Crippen LogP contribution in [0, 0.1) is 0 Å². The Morgan fingerprint density at radius 3 is 2.52 bits per heavy atom. The molecule has 0 aromatic heterocycles. The fourth-order valence-corrected chi connectivity index (χ4v) is 3.45. The van der Waals surface area contributed by atoms with Gasteiger partial charge in [-0.2, -0.15) is 0 Å². The first-order valence-electron chi connectivity index (χ1n) is 6.39. The number of amides is 2. The second-order valence-corrected chi connectivity index (χ2v) is 6.46. The minimum atomic E-state index is -3.57. The van der Waals surface area contributed by atoms with Gasteiger partial charge < -0.3 is 10.1 Å². The third-order valence-electron chi connectivity index (χ3n) is 3.03. The molecule has 1 aliphatic heterocycles. The number of nitrogens with one attached hydrogen (secondary N) is 1. The van der Waals surface area contributed by atoms with Gasteiger partial charge in [-0.1, -0.05) is 0 Å². The Morgan fingerprint density at radius 1 is 1.33 bits per heavy atom. The second kappa shape index (κ2) is 6.23. The highest BCUT2D eigenvalue weighted by Crippen LogP contribution is 2.25. The summed E-state index contributed by atoms with van der Waals surface area (Å²) in [7, 11) is -2.04. The number of carbonyl (C=O) groups excluding carboxylic acids is 2. The molecule has 1 heterocycles. The number of carbonyl (C=O) groups is 2. The van der Waals surface area contributed by atoms with Crippen molar-refractivity contribution >= 4 is 27.5 Å². The fourth-order valence-electron chi connectivity index (χ4n) is 1.99. The predicted molar refractivity (Wildman–Crippen MR) is 76.5 cm³/mol. The molecule has 0 radical (unpaired) electrons. The fraction of sp³-hybridized carbons (Fsp3) is 0.385. The number of ether oxygens (including phenoxy) is 1. The van der Waals surface area contributed by atoms with E-state index in [9.17, 15) is 18.0 Å². The van der Waals surface area contributed by atoms with Crippen LogP contribution in [0.2, 0.25) is 0 Å². The SMILES string of the molecule is COCCNC(=O)c1ccc(N2C(=O)CCS2(=O)=O)cc1. The maximum atomic E-state index is 11.8. The summed E-state index contributed by atoms with van der Waals surface area (Å²) in [5, 5.41) is 2.65. The molecule has 1 aromatic carbocycles. The van der Waals surface area contributed by atoms with Crippen LogP contribution in [0.3, 0.4) is 0 Å². The van der Waals surface area contributed by atoms with Crippen LogP contribution in [0.5, 0.6) is 0 Å². The molecule has 0 bridgehead atoms. The zero-order valence-corrected chi connectivity index (χ0v) is 12.4. The van der Waals surface area contributed by atoms with Gasteiger partial charge in [-0.15, -0.1) is 0 Å². The molecule has 0 unspecified atom stereocenters. The molecule has 114 valence electrons. The summed E-state index contributed by atoms with van der Waals surface area (Å²) in [5.74, 6) is -0.910. The Morgan fingerprint density at radius 2 is 2.00 bits per heavy atom. The zero-order valence-electron chi connectivity index (χ0n) is 11.5. The standard InChI is InChI=1S/C13H16N2O5S/c1-20-8-7-14-13(17)10-2-4-11(5-3-10)15-12(16)6-9-21(15,18)19/h2-5H,6-9H2,1H3,(H,14,17). The lowest BCUT2D eigenvalue weighted by Crippen LogP contribution is -2.29. The Balaban J connectivity index is 2.12. The molecule has 0 aliphatic carbocycles. The average molecular weight is 312 g/mol. The van der Waals surface area contributed by atoms with Crippen LogP contribution in [-0.2, 0) is 19.6 Å². The molecular formula is C13H16N2O5S. The van der Waals surface area contributed by atoms with Crippen molar-refractivity contribution < 1.29 is 22.7 Å². The number of methoxy groups -OCH3 is 1. The van der Waals surface area contributed by atoms with Gasteiger partial charge in [0.05, 0.1) is 18.0 Å². The van der Waals surface area contributed by atoms with Gasteiger partial charge >= 0.3 is 0 Å². The van der Waals surface area contributed by atoms with Crippen molar-refractivity contribution in [3.8, 4) is 0 Å². The normalized spacial score (nSPS) is 17.0. The number of benzene rings is 1. The third kappa shape index (κ3) is 3.40. The van der Waals surface area contributed by atoms with Crippen molar-refractivity contribution in [1.29, 1.82) is 0 Å². The quantitative estimate of drug-likeness (QED) is 0.780. The molecule has 0 saturated carbocycles. The van der Waals surface area contributed by atoms with E-state index >= 15 is 0 Å². The summed E-state index contributed by atoms with van der Waals surface area (Å²) < 4.78 is 29.2. The summed E-state index contributed by atoms with van der Waals surface area (Å²) in [6, 6.07) is 5.87. The Bertz CT molecular complexity index is 639. The Kier molecular flexibility index (Phi) is 4.59. The van der Waals surface area contributed by atoms with Crippen LogP contribution in [0.1, 0.15) is 16.8 Å². The van der Waals surface area contributed by atoms with Crippen molar-refractivity contribution in [3.05, 3.63) is 29.8 Å². The average Bonchev–Trinajstić information content (AvgIpc) is 2.73. The zero-order chi connectivity index (χ0) is 15.5. The number of hydrogen-bond donors (Lipinski definition) is 1. The van der Waals surface area contributed by atoms with E-state index < -0.39 is 15.9 Å². The highest BCUT2D eigenvalue weighted by molar-refractivity contribution is 7.94. The van der Waals surface area contributed by atoms with Gasteiger partial charge in [0, 0.05) is 25.6 Å². The van der Waals surface area contributed by atoms with Crippen LogP contribution in [0.15, 0.2) is 24.3 Å². The van der Waals surface area contributed by atoms with Crippen molar-refractivity contribution in [3.63, 3.8) is 0 Å². The van der Waals surface area contributed by atoms with Crippen LogP contribution >= 0.6 is 0 Å². The largest absolute Gasteiger partial charge is 0.383 e. The van der Waals surface area contributed by atoms with E-state index in [0.717, 1.165) is 4.31 Å². The van der Waals surface area contributed by atoms with Gasteiger partial charge in [0.2, 0.25) is 15.9 Å². The Labute approximate surface area is 122 Å². The molecule has 1 saturated heterocycles. The van der Waals surface area contributed by atoms with E-state index in [1.54, 1.807) is 0 Å². The number of nitrogens with zero attached hydrogens (tertiary/aromatic N) is 1. The molecule has 21 heavy (non-hydrogen) atoms. The minimum Gasteiger partial charge on any atom is -0.383 e. The van der Waals surface area contributed by atoms with E-state index in [-0.39, 0.29) is 23.8 Å². The number of sulfonamides is 1. The van der Waals surface area contributed by atoms with Crippen molar-refractivity contribution in [1.82, 2.24) is 5.32 Å². The van der Waals surface area contributed by atoms with Crippen molar-refractivity contribution in [2.24, 2.45) is 0 Å². The molecular weight excluding hydrogens is 296 g/mol. The lowest BCUT2D eigenvalue weighted by atomic mass is 10.2. The third-order valence-corrected chi connectivity index (χ3v) is 4.73. The maximum absolute atomic E-state index is 11.8. The predicted octanol–water partition coefficient (Wildman–Crippen LogP) is 0.129. The lowest BCUT2D eigenvalue weighted by molar-refractivity contribution is -0.116. The van der Waals surface area contributed by atoms with Crippen molar-refractivity contribution in [2.75, 3.05) is 30.3 Å². The van der Waals surface area contributed by atoms with Gasteiger partial charge in [-0.25, -0.2) is 12.7 Å². The molecule has 8 heteroatoms. The number of hydrogen-bond acceptors (Lipinski definition) is 5. The van der Waals surface area contributed by atoms with Gasteiger partial charge in [-0.3, -0.25) is 9.59 Å². The first-order chi connectivity index (χ1) is 9.95. The van der Waals surface area contributed by atoms with Crippen LogP contribution in [0.4, 0.5) is 5.69 Å². The van der Waals surface area contributed by atoms with Crippen LogP contribution in [-0.4, -0.2) is 46.2 Å². The summed E-state index contributed by atoms with van der Waals surface area (Å²) in [6.45, 7) is 0.792. The first kappa shape index (κ1) is 15.5. The Hall–Kier alpha value is -1.93. The van der Waals surface area contributed by atoms with Gasteiger partial charge in [0.1, 0.15) is 0 Å². The summed E-state index contributed by atoms with van der Waals surface area (Å²) >= 11 is 0. The molecule has 0 spiro atoms. The first-order valence-corrected chi connectivity index (χ1v) is 7.99. The summed E-state index contributed by atoms with van der Waals surface area (Å²) in [6.07, 6.45) is -0.0123. The van der Waals surface area contributed by atoms with E-state index in [1.165, 1.54) is 31.4 Å². The van der Waals surface area contributed by atoms with Crippen LogP contribution < -0.4 is 9.62 Å². The maximum Gasteiger partial charge on any atom is 0.251 e. The molecule has 7 nitrogen and oxygen atoms in total. The highest BCUT2D eigenvalue weighted by Gasteiger charge is 2.36. The van der Waals surface area contributed by atoms with Gasteiger partial charge in [-0.05, 0) is 24.3 Å². The van der Waals surface area contributed by atoms with E-state index in [1.807, 2.05) is 0 Å².